The maximum Gasteiger partial charge on any atom is 0.277 e. The molecule has 0 saturated heterocycles. The second-order valence-electron chi connectivity index (χ2n) is 3.95. The van der Waals surface area contributed by atoms with Gasteiger partial charge in [0.25, 0.3) is 5.69 Å². The lowest BCUT2D eigenvalue weighted by atomic mass is 10.2. The van der Waals surface area contributed by atoms with Crippen molar-refractivity contribution < 1.29 is 9.66 Å². The van der Waals surface area contributed by atoms with Crippen molar-refractivity contribution in [1.82, 2.24) is 0 Å². The molecule has 0 aliphatic carbocycles. The number of hydrogen-bond donors (Lipinski definition) is 0. The predicted octanol–water partition coefficient (Wildman–Crippen LogP) is 3.81. The average molecular weight is 333 g/mol. The molecule has 0 fully saturated rings. The Kier molecular flexibility index (Phi) is 4.33. The molecule has 0 saturated carbocycles. The van der Waals surface area contributed by atoms with Gasteiger partial charge in [0.1, 0.15) is 12.4 Å². The van der Waals surface area contributed by atoms with Gasteiger partial charge in [-0.25, -0.2) is 0 Å². The van der Waals surface area contributed by atoms with Gasteiger partial charge < -0.3 is 4.74 Å². The number of hydrogen-bond acceptors (Lipinski definition) is 4. The summed E-state index contributed by atoms with van der Waals surface area (Å²) in [7, 11) is 0. The second-order valence-corrected chi connectivity index (χ2v) is 4.87. The Bertz CT molecular complexity index is 678. The van der Waals surface area contributed by atoms with Crippen molar-refractivity contribution in [3.63, 3.8) is 0 Å². The Morgan fingerprint density at radius 1 is 1.25 bits per heavy atom. The summed E-state index contributed by atoms with van der Waals surface area (Å²) in [5, 5.41) is 19.7. The highest BCUT2D eigenvalue weighted by Gasteiger charge is 2.14. The van der Waals surface area contributed by atoms with Crippen molar-refractivity contribution in [2.75, 3.05) is 0 Å². The number of rotatable bonds is 4. The van der Waals surface area contributed by atoms with E-state index in [4.69, 9.17) is 10.00 Å². The third-order valence-corrected chi connectivity index (χ3v) is 3.12. The molecule has 6 heteroatoms. The molecule has 0 aromatic heterocycles. The van der Waals surface area contributed by atoms with Gasteiger partial charge in [-0.3, -0.25) is 10.1 Å². The van der Waals surface area contributed by atoms with Crippen molar-refractivity contribution >= 4 is 21.6 Å². The fraction of sp³-hybridized carbons (Fsp3) is 0.0714. The fourth-order valence-corrected chi connectivity index (χ4v) is 1.96. The van der Waals surface area contributed by atoms with E-state index in [2.05, 4.69) is 15.9 Å². The summed E-state index contributed by atoms with van der Waals surface area (Å²) < 4.78 is 6.14. The van der Waals surface area contributed by atoms with E-state index in [1.807, 2.05) is 6.07 Å². The molecule has 100 valence electrons. The zero-order chi connectivity index (χ0) is 14.5. The molecule has 0 radical (unpaired) electrons. The van der Waals surface area contributed by atoms with Crippen LogP contribution in [0.3, 0.4) is 0 Å². The van der Waals surface area contributed by atoms with Crippen LogP contribution in [0.15, 0.2) is 46.9 Å². The van der Waals surface area contributed by atoms with Crippen LogP contribution >= 0.6 is 15.9 Å². The van der Waals surface area contributed by atoms with Crippen LogP contribution in [0.25, 0.3) is 0 Å². The van der Waals surface area contributed by atoms with E-state index >= 15 is 0 Å². The fourth-order valence-electron chi connectivity index (χ4n) is 1.62. The first kappa shape index (κ1) is 14.0. The molecule has 0 aliphatic rings. The number of nitrogens with zero attached hydrogens (tertiary/aromatic N) is 2. The molecular formula is C14H9BrN2O3. The number of nitriles is 1. The van der Waals surface area contributed by atoms with Crippen molar-refractivity contribution in [2.24, 2.45) is 0 Å². The Labute approximate surface area is 123 Å². The third-order valence-electron chi connectivity index (χ3n) is 2.62. The highest BCUT2D eigenvalue weighted by atomic mass is 79.9. The summed E-state index contributed by atoms with van der Waals surface area (Å²) in [5.74, 6) is 0.557. The van der Waals surface area contributed by atoms with E-state index in [-0.39, 0.29) is 12.3 Å². The van der Waals surface area contributed by atoms with E-state index in [0.717, 1.165) is 0 Å². The molecular weight excluding hydrogens is 324 g/mol. The Morgan fingerprint density at radius 3 is 2.55 bits per heavy atom. The van der Waals surface area contributed by atoms with Crippen LogP contribution in [0.5, 0.6) is 5.75 Å². The molecule has 2 rings (SSSR count). The van der Waals surface area contributed by atoms with Crippen molar-refractivity contribution in [3.05, 3.63) is 68.2 Å². The van der Waals surface area contributed by atoms with Gasteiger partial charge in [-0.2, -0.15) is 5.26 Å². The summed E-state index contributed by atoms with van der Waals surface area (Å²) in [5.41, 5.74) is 1.03. The van der Waals surface area contributed by atoms with E-state index in [1.165, 1.54) is 6.07 Å². The van der Waals surface area contributed by atoms with Gasteiger partial charge in [0, 0.05) is 10.5 Å². The standard InChI is InChI=1S/C14H9BrN2O3/c15-12-4-3-11(14(7-12)17(18)19)9-20-13-5-1-10(8-16)2-6-13/h1-7H,9H2. The van der Waals surface area contributed by atoms with Crippen LogP contribution in [0.2, 0.25) is 0 Å². The van der Waals surface area contributed by atoms with Crippen LogP contribution in [-0.2, 0) is 6.61 Å². The van der Waals surface area contributed by atoms with Crippen LogP contribution in [-0.4, -0.2) is 4.92 Å². The number of ether oxygens (including phenoxy) is 1. The molecule has 0 atom stereocenters. The van der Waals surface area contributed by atoms with Gasteiger partial charge in [0.2, 0.25) is 0 Å². The zero-order valence-electron chi connectivity index (χ0n) is 10.2. The second kappa shape index (κ2) is 6.17. The SMILES string of the molecule is N#Cc1ccc(OCc2ccc(Br)cc2[N+](=O)[O-])cc1. The lowest BCUT2D eigenvalue weighted by molar-refractivity contribution is -0.385. The van der Waals surface area contributed by atoms with E-state index in [0.29, 0.717) is 21.3 Å². The number of nitro groups is 1. The summed E-state index contributed by atoms with van der Waals surface area (Å²) >= 11 is 3.20. The monoisotopic (exact) mass is 332 g/mol. The van der Waals surface area contributed by atoms with Crippen LogP contribution in [0.4, 0.5) is 5.69 Å². The Morgan fingerprint density at radius 2 is 1.95 bits per heavy atom. The molecule has 0 amide bonds. The maximum atomic E-state index is 11.0. The quantitative estimate of drug-likeness (QED) is 0.630. The van der Waals surface area contributed by atoms with Crippen molar-refractivity contribution in [3.8, 4) is 11.8 Å². The van der Waals surface area contributed by atoms with E-state index < -0.39 is 4.92 Å². The normalized spacial score (nSPS) is 9.80. The van der Waals surface area contributed by atoms with E-state index in [1.54, 1.807) is 36.4 Å². The summed E-state index contributed by atoms with van der Waals surface area (Å²) in [6.07, 6.45) is 0. The summed E-state index contributed by atoms with van der Waals surface area (Å²) in [6.45, 7) is 0.0928. The highest BCUT2D eigenvalue weighted by molar-refractivity contribution is 9.10. The largest absolute Gasteiger partial charge is 0.489 e. The Balaban J connectivity index is 2.14. The minimum atomic E-state index is -0.442. The molecule has 0 bridgehead atoms. The molecule has 5 nitrogen and oxygen atoms in total. The predicted molar refractivity (Wildman–Crippen MR) is 76.3 cm³/mol. The lowest BCUT2D eigenvalue weighted by Crippen LogP contribution is -2.00. The van der Waals surface area contributed by atoms with Gasteiger partial charge in [-0.1, -0.05) is 15.9 Å². The Hall–Kier alpha value is -2.39. The van der Waals surface area contributed by atoms with Gasteiger partial charge >= 0.3 is 0 Å². The molecule has 0 heterocycles. The topological polar surface area (TPSA) is 76.2 Å². The van der Waals surface area contributed by atoms with Gasteiger partial charge in [0.15, 0.2) is 0 Å². The van der Waals surface area contributed by atoms with E-state index in [9.17, 15) is 10.1 Å². The third kappa shape index (κ3) is 3.33. The maximum absolute atomic E-state index is 11.0. The smallest absolute Gasteiger partial charge is 0.277 e. The van der Waals surface area contributed by atoms with Crippen LogP contribution in [0, 0.1) is 21.4 Å². The van der Waals surface area contributed by atoms with Crippen molar-refractivity contribution in [1.29, 1.82) is 5.26 Å². The van der Waals surface area contributed by atoms with Gasteiger partial charge in [-0.15, -0.1) is 0 Å². The van der Waals surface area contributed by atoms with Crippen LogP contribution < -0.4 is 4.74 Å². The number of nitro benzene ring substituents is 1. The molecule has 0 N–H and O–H groups in total. The number of halogens is 1. The molecule has 2 aromatic carbocycles. The first-order valence-electron chi connectivity index (χ1n) is 5.66. The average Bonchev–Trinajstić information content (AvgIpc) is 2.46. The van der Waals surface area contributed by atoms with Gasteiger partial charge in [-0.05, 0) is 36.4 Å². The molecule has 2 aromatic rings. The zero-order valence-corrected chi connectivity index (χ0v) is 11.8. The van der Waals surface area contributed by atoms with Crippen molar-refractivity contribution in [2.45, 2.75) is 6.61 Å². The highest BCUT2D eigenvalue weighted by Crippen LogP contribution is 2.25. The molecule has 0 spiro atoms. The number of benzene rings is 2. The van der Waals surface area contributed by atoms with Gasteiger partial charge in [0.05, 0.1) is 22.1 Å². The molecule has 20 heavy (non-hydrogen) atoms. The molecule has 0 aliphatic heterocycles. The van der Waals surface area contributed by atoms with Crippen LogP contribution in [0.1, 0.15) is 11.1 Å². The minimum Gasteiger partial charge on any atom is -0.489 e. The summed E-state index contributed by atoms with van der Waals surface area (Å²) in [6, 6.07) is 13.4. The summed E-state index contributed by atoms with van der Waals surface area (Å²) in [4.78, 5) is 10.5. The minimum absolute atomic E-state index is 0.00743. The first-order valence-corrected chi connectivity index (χ1v) is 6.45. The lowest BCUT2D eigenvalue weighted by Gasteiger charge is -2.07. The first-order chi connectivity index (χ1) is 9.60. The molecule has 0 unspecified atom stereocenters.